The van der Waals surface area contributed by atoms with Gasteiger partial charge in [0.25, 0.3) is 11.8 Å². The Morgan fingerprint density at radius 2 is 1.95 bits per heavy atom. The van der Waals surface area contributed by atoms with E-state index in [2.05, 4.69) is 22.0 Å². The summed E-state index contributed by atoms with van der Waals surface area (Å²) in [5, 5.41) is 8.69. The van der Waals surface area contributed by atoms with E-state index in [1.807, 2.05) is 0 Å². The normalized spacial score (nSPS) is 16.0. The number of carbonyl (C=O) groups is 2. The Labute approximate surface area is 215 Å². The molecule has 3 aromatic rings. The van der Waals surface area contributed by atoms with Gasteiger partial charge in [-0.15, -0.1) is 0 Å². The minimum absolute atomic E-state index is 0.0105. The number of nitrogens with two attached hydrogens (primary N) is 2. The van der Waals surface area contributed by atoms with Crippen molar-refractivity contribution in [3.8, 4) is 23.1 Å². The van der Waals surface area contributed by atoms with Crippen molar-refractivity contribution in [1.82, 2.24) is 24.5 Å². The zero-order valence-corrected chi connectivity index (χ0v) is 20.4. The van der Waals surface area contributed by atoms with Gasteiger partial charge in [-0.25, -0.2) is 9.07 Å². The molecule has 0 saturated carbocycles. The molecular formula is C25H25F4N7O2. The average Bonchev–Trinajstić information content (AvgIpc) is 3.34. The zero-order valence-electron chi connectivity index (χ0n) is 20.4. The molecule has 1 fully saturated rings. The lowest BCUT2D eigenvalue weighted by Gasteiger charge is -2.18. The maximum Gasteiger partial charge on any atom is 0.416 e. The van der Waals surface area contributed by atoms with Gasteiger partial charge in [-0.3, -0.25) is 14.3 Å². The van der Waals surface area contributed by atoms with Crippen LogP contribution >= 0.6 is 0 Å². The molecule has 0 aliphatic carbocycles. The second kappa shape index (κ2) is 10.6. The topological polar surface area (TPSA) is 125 Å². The third-order valence-corrected chi connectivity index (χ3v) is 6.29. The molecule has 2 amide bonds. The lowest BCUT2D eigenvalue weighted by atomic mass is 10.1. The van der Waals surface area contributed by atoms with Crippen molar-refractivity contribution >= 4 is 17.6 Å². The summed E-state index contributed by atoms with van der Waals surface area (Å²) < 4.78 is 55.8. The Kier molecular flexibility index (Phi) is 7.43. The molecule has 9 nitrogen and oxygen atoms in total. The molecule has 200 valence electrons. The molecule has 1 aliphatic heterocycles. The highest BCUT2D eigenvalue weighted by Crippen LogP contribution is 2.33. The van der Waals surface area contributed by atoms with E-state index in [9.17, 15) is 27.2 Å². The van der Waals surface area contributed by atoms with Crippen molar-refractivity contribution in [3.05, 3.63) is 53.1 Å². The van der Waals surface area contributed by atoms with Crippen LogP contribution in [0.3, 0.4) is 0 Å². The summed E-state index contributed by atoms with van der Waals surface area (Å²) in [5.74, 6) is 3.12. The van der Waals surface area contributed by atoms with Crippen LogP contribution in [0.15, 0.2) is 30.6 Å². The number of rotatable bonds is 5. The molecule has 13 heteroatoms. The highest BCUT2D eigenvalue weighted by molar-refractivity contribution is 6.03. The fourth-order valence-corrected chi connectivity index (χ4v) is 4.55. The molecule has 2 aromatic heterocycles. The van der Waals surface area contributed by atoms with Crippen molar-refractivity contribution in [1.29, 1.82) is 0 Å². The van der Waals surface area contributed by atoms with E-state index < -0.39 is 23.5 Å². The Morgan fingerprint density at radius 1 is 1.18 bits per heavy atom. The number of likely N-dealkylation sites (tertiary alicyclic amines) is 1. The number of hydrogen-bond donors (Lipinski definition) is 2. The van der Waals surface area contributed by atoms with Crippen LogP contribution in [0.2, 0.25) is 0 Å². The highest BCUT2D eigenvalue weighted by atomic mass is 19.4. The molecule has 0 spiro atoms. The number of carbonyl (C=O) groups excluding carboxylic acids is 2. The minimum Gasteiger partial charge on any atom is -0.383 e. The Morgan fingerprint density at radius 3 is 2.63 bits per heavy atom. The molecule has 1 atom stereocenters. The molecule has 0 bridgehead atoms. The molecule has 1 aromatic carbocycles. The molecule has 1 aliphatic rings. The van der Waals surface area contributed by atoms with Crippen LogP contribution in [0.25, 0.3) is 11.3 Å². The standard InChI is InChI=1S/C25H25F4N7O2/c1-2-4-20(37)34-7-3-5-19(6-8-34)36-23(30)21(24(31)38)22(33-36)16-12-32-35(14-16)13-15-9-17(25(27,28)29)11-18(26)10-15/h9-12,14,19H,3,5-8,13,30H2,1H3,(H2,31,38)/t19-/m0/s1. The number of hydrogen-bond acceptors (Lipinski definition) is 5. The maximum absolute atomic E-state index is 13.8. The van der Waals surface area contributed by atoms with Gasteiger partial charge in [-0.2, -0.15) is 23.4 Å². The molecule has 0 radical (unpaired) electrons. The van der Waals surface area contributed by atoms with E-state index in [0.717, 1.165) is 12.1 Å². The van der Waals surface area contributed by atoms with E-state index in [1.165, 1.54) is 21.8 Å². The van der Waals surface area contributed by atoms with Crippen LogP contribution in [0.4, 0.5) is 23.4 Å². The quantitative estimate of drug-likeness (QED) is 0.386. The summed E-state index contributed by atoms with van der Waals surface area (Å²) in [6.07, 6.45) is -0.00621. The first-order valence-electron chi connectivity index (χ1n) is 11.8. The third kappa shape index (κ3) is 5.64. The van der Waals surface area contributed by atoms with Gasteiger partial charge in [0, 0.05) is 24.8 Å². The van der Waals surface area contributed by atoms with Gasteiger partial charge < -0.3 is 16.4 Å². The van der Waals surface area contributed by atoms with Crippen LogP contribution < -0.4 is 11.5 Å². The summed E-state index contributed by atoms with van der Waals surface area (Å²) >= 11 is 0. The van der Waals surface area contributed by atoms with Gasteiger partial charge in [-0.05, 0) is 55.9 Å². The number of benzene rings is 1. The lowest BCUT2D eigenvalue weighted by molar-refractivity contribution is -0.137. The van der Waals surface area contributed by atoms with Gasteiger partial charge in [0.15, 0.2) is 0 Å². The summed E-state index contributed by atoms with van der Waals surface area (Å²) in [6, 6.07) is 2.05. The smallest absolute Gasteiger partial charge is 0.383 e. The predicted octanol–water partition coefficient (Wildman–Crippen LogP) is 3.21. The average molecular weight is 532 g/mol. The Balaban J connectivity index is 1.61. The molecule has 4 N–H and O–H groups in total. The van der Waals surface area contributed by atoms with Gasteiger partial charge in [0.1, 0.15) is 22.9 Å². The van der Waals surface area contributed by atoms with E-state index >= 15 is 0 Å². The summed E-state index contributed by atoms with van der Waals surface area (Å²) in [7, 11) is 0. The number of primary amides is 1. The number of aromatic nitrogens is 4. The number of halogens is 4. The maximum atomic E-state index is 13.8. The monoisotopic (exact) mass is 531 g/mol. The van der Waals surface area contributed by atoms with Crippen LogP contribution in [-0.2, 0) is 17.5 Å². The van der Waals surface area contributed by atoms with Crippen molar-refractivity contribution in [3.63, 3.8) is 0 Å². The number of amides is 2. The molecule has 0 unspecified atom stereocenters. The van der Waals surface area contributed by atoms with Gasteiger partial charge >= 0.3 is 6.18 Å². The minimum atomic E-state index is -4.70. The van der Waals surface area contributed by atoms with E-state index in [4.69, 9.17) is 11.5 Å². The van der Waals surface area contributed by atoms with Crippen molar-refractivity contribution < 1.29 is 27.2 Å². The number of nitrogen functional groups attached to an aromatic ring is 1. The van der Waals surface area contributed by atoms with Crippen molar-refractivity contribution in [2.24, 2.45) is 5.73 Å². The largest absolute Gasteiger partial charge is 0.416 e. The zero-order chi connectivity index (χ0) is 27.6. The summed E-state index contributed by atoms with van der Waals surface area (Å²) in [5.41, 5.74) is 11.4. The van der Waals surface area contributed by atoms with Crippen LogP contribution in [-0.4, -0.2) is 49.4 Å². The number of anilines is 1. The molecule has 4 rings (SSSR count). The predicted molar refractivity (Wildman–Crippen MR) is 130 cm³/mol. The number of alkyl halides is 3. The molecule has 38 heavy (non-hydrogen) atoms. The summed E-state index contributed by atoms with van der Waals surface area (Å²) in [4.78, 5) is 26.1. The molecular weight excluding hydrogens is 506 g/mol. The Bertz CT molecular complexity index is 1430. The fraction of sp³-hybridized carbons (Fsp3) is 0.360. The molecule has 1 saturated heterocycles. The van der Waals surface area contributed by atoms with Crippen molar-refractivity contribution in [2.45, 2.75) is 44.9 Å². The lowest BCUT2D eigenvalue weighted by Crippen LogP contribution is -2.31. The van der Waals surface area contributed by atoms with Crippen LogP contribution in [0.5, 0.6) is 0 Å². The first kappa shape index (κ1) is 26.7. The first-order chi connectivity index (χ1) is 18.0. The van der Waals surface area contributed by atoms with Gasteiger partial charge in [0.05, 0.1) is 24.3 Å². The van der Waals surface area contributed by atoms with E-state index in [0.29, 0.717) is 44.0 Å². The number of nitrogens with zero attached hydrogens (tertiary/aromatic N) is 5. The first-order valence-corrected chi connectivity index (χ1v) is 11.8. The summed E-state index contributed by atoms with van der Waals surface area (Å²) in [6.45, 7) is 2.40. The second-order valence-electron chi connectivity index (χ2n) is 8.94. The van der Waals surface area contributed by atoms with Crippen LogP contribution in [0.1, 0.15) is 53.7 Å². The molecule has 3 heterocycles. The van der Waals surface area contributed by atoms with Crippen molar-refractivity contribution in [2.75, 3.05) is 18.8 Å². The van der Waals surface area contributed by atoms with Gasteiger partial charge in [0.2, 0.25) is 0 Å². The third-order valence-electron chi connectivity index (χ3n) is 6.29. The Hall–Kier alpha value is -4.34. The van der Waals surface area contributed by atoms with E-state index in [-0.39, 0.29) is 41.1 Å². The van der Waals surface area contributed by atoms with Gasteiger partial charge in [-0.1, -0.05) is 5.92 Å². The SMILES string of the molecule is CC#CC(=O)N1CCC[C@H](n2nc(-c3cnn(Cc4cc(F)cc(C(F)(F)F)c4)c3)c(C(N)=O)c2N)CC1. The van der Waals surface area contributed by atoms with E-state index in [1.54, 1.807) is 11.8 Å². The fourth-order valence-electron chi connectivity index (χ4n) is 4.55. The van der Waals surface area contributed by atoms with Crippen LogP contribution in [0, 0.1) is 17.7 Å². The highest BCUT2D eigenvalue weighted by Gasteiger charge is 2.32. The second-order valence-corrected chi connectivity index (χ2v) is 8.94.